The van der Waals surface area contributed by atoms with Gasteiger partial charge in [-0.2, -0.15) is 0 Å². The van der Waals surface area contributed by atoms with Crippen molar-refractivity contribution in [2.75, 3.05) is 5.75 Å². The summed E-state index contributed by atoms with van der Waals surface area (Å²) in [6.45, 7) is 13.3. The second-order valence-electron chi connectivity index (χ2n) is 7.33. The quantitative estimate of drug-likeness (QED) is 0.817. The Morgan fingerprint density at radius 3 is 2.05 bits per heavy atom. The van der Waals surface area contributed by atoms with E-state index in [1.54, 1.807) is 11.8 Å². The molecular weight excluding hydrogens is 280 g/mol. The van der Waals surface area contributed by atoms with E-state index in [9.17, 15) is 4.79 Å². The molecule has 21 heavy (non-hydrogen) atoms. The highest BCUT2D eigenvalue weighted by atomic mass is 32.2. The molecule has 2 N–H and O–H groups in total. The van der Waals surface area contributed by atoms with E-state index in [0.29, 0.717) is 5.75 Å². The third-order valence-corrected chi connectivity index (χ3v) is 3.64. The lowest BCUT2D eigenvalue weighted by Gasteiger charge is -2.21. The van der Waals surface area contributed by atoms with Crippen molar-refractivity contribution < 1.29 is 4.79 Å². The fourth-order valence-electron chi connectivity index (χ4n) is 1.67. The summed E-state index contributed by atoms with van der Waals surface area (Å²) in [4.78, 5) is 12.9. The van der Waals surface area contributed by atoms with Gasteiger partial charge in [-0.15, -0.1) is 11.8 Å². The Morgan fingerprint density at radius 2 is 1.57 bits per heavy atom. The highest BCUT2D eigenvalue weighted by molar-refractivity contribution is 8.00. The van der Waals surface area contributed by atoms with Crippen molar-refractivity contribution in [3.63, 3.8) is 0 Å². The molecule has 1 aromatic carbocycles. The van der Waals surface area contributed by atoms with Crippen molar-refractivity contribution in [3.05, 3.63) is 29.8 Å². The van der Waals surface area contributed by atoms with Gasteiger partial charge < -0.3 is 10.6 Å². The van der Waals surface area contributed by atoms with Gasteiger partial charge in [-0.05, 0) is 59.2 Å². The van der Waals surface area contributed by atoms with E-state index >= 15 is 0 Å². The molecule has 1 amide bonds. The van der Waals surface area contributed by atoms with E-state index in [1.165, 1.54) is 5.56 Å². The molecule has 0 saturated heterocycles. The van der Waals surface area contributed by atoms with E-state index in [1.807, 2.05) is 20.8 Å². The molecule has 0 aromatic heterocycles. The fraction of sp³-hybridized carbons (Fsp3) is 0.588. The molecule has 1 aromatic rings. The lowest BCUT2D eigenvalue weighted by Crippen LogP contribution is -2.41. The number of rotatable bonds is 5. The van der Waals surface area contributed by atoms with Crippen LogP contribution in [0.5, 0.6) is 0 Å². The first kappa shape index (κ1) is 18.1. The van der Waals surface area contributed by atoms with Crippen LogP contribution >= 0.6 is 11.8 Å². The summed E-state index contributed by atoms with van der Waals surface area (Å²) in [6.07, 6.45) is 0. The zero-order chi connectivity index (χ0) is 16.1. The van der Waals surface area contributed by atoms with Crippen LogP contribution < -0.4 is 10.6 Å². The standard InChI is InChI=1S/C17H28N2OS/c1-16(2,3)18-11-13-7-9-14(10-8-13)21-12-15(20)19-17(4,5)6/h7-10,18H,11-12H2,1-6H3,(H,19,20). The van der Waals surface area contributed by atoms with Gasteiger partial charge in [-0.1, -0.05) is 12.1 Å². The minimum Gasteiger partial charge on any atom is -0.351 e. The largest absolute Gasteiger partial charge is 0.351 e. The molecule has 0 fully saturated rings. The minimum absolute atomic E-state index is 0.0750. The third-order valence-electron chi connectivity index (χ3n) is 2.63. The monoisotopic (exact) mass is 308 g/mol. The molecule has 0 bridgehead atoms. The normalized spacial score (nSPS) is 12.3. The SMILES string of the molecule is CC(C)(C)NCc1ccc(SCC(=O)NC(C)(C)C)cc1. The van der Waals surface area contributed by atoms with E-state index in [4.69, 9.17) is 0 Å². The number of amides is 1. The zero-order valence-corrected chi connectivity index (χ0v) is 14.9. The Balaban J connectivity index is 2.43. The number of hydrogen-bond donors (Lipinski definition) is 2. The number of hydrogen-bond acceptors (Lipinski definition) is 3. The Labute approximate surface area is 133 Å². The molecule has 0 heterocycles. The van der Waals surface area contributed by atoms with Crippen LogP contribution in [-0.4, -0.2) is 22.7 Å². The summed E-state index contributed by atoms with van der Waals surface area (Å²) in [5.74, 6) is 0.530. The van der Waals surface area contributed by atoms with Crippen LogP contribution in [0.15, 0.2) is 29.2 Å². The number of benzene rings is 1. The summed E-state index contributed by atoms with van der Waals surface area (Å²) in [5, 5.41) is 6.43. The molecule has 0 aliphatic rings. The van der Waals surface area contributed by atoms with Crippen molar-refractivity contribution in [3.8, 4) is 0 Å². The van der Waals surface area contributed by atoms with Gasteiger partial charge in [0.25, 0.3) is 0 Å². The maximum atomic E-state index is 11.8. The third kappa shape index (κ3) is 8.79. The first-order chi connectivity index (χ1) is 9.55. The Bertz CT molecular complexity index is 455. The number of nitrogens with one attached hydrogen (secondary N) is 2. The van der Waals surface area contributed by atoms with Crippen molar-refractivity contribution in [2.24, 2.45) is 0 Å². The average molecular weight is 308 g/mol. The zero-order valence-electron chi connectivity index (χ0n) is 14.0. The number of thioether (sulfide) groups is 1. The van der Waals surface area contributed by atoms with Crippen LogP contribution in [0.2, 0.25) is 0 Å². The summed E-state index contributed by atoms with van der Waals surface area (Å²) < 4.78 is 0. The molecule has 0 saturated carbocycles. The Morgan fingerprint density at radius 1 is 1.00 bits per heavy atom. The van der Waals surface area contributed by atoms with E-state index in [0.717, 1.165) is 11.4 Å². The molecule has 0 spiro atoms. The predicted octanol–water partition coefficient (Wildman–Crippen LogP) is 3.58. The lowest BCUT2D eigenvalue weighted by molar-refractivity contribution is -0.119. The molecular formula is C17H28N2OS. The topological polar surface area (TPSA) is 41.1 Å². The average Bonchev–Trinajstić information content (AvgIpc) is 2.32. The second kappa shape index (κ2) is 7.32. The van der Waals surface area contributed by atoms with Crippen LogP contribution in [0, 0.1) is 0 Å². The van der Waals surface area contributed by atoms with Crippen molar-refractivity contribution >= 4 is 17.7 Å². The van der Waals surface area contributed by atoms with Crippen molar-refractivity contribution in [1.82, 2.24) is 10.6 Å². The summed E-state index contributed by atoms with van der Waals surface area (Å²) in [5.41, 5.74) is 1.21. The van der Waals surface area contributed by atoms with E-state index < -0.39 is 0 Å². The van der Waals surface area contributed by atoms with Gasteiger partial charge in [0.2, 0.25) is 5.91 Å². The van der Waals surface area contributed by atoms with Gasteiger partial charge in [0.1, 0.15) is 0 Å². The molecule has 3 nitrogen and oxygen atoms in total. The maximum absolute atomic E-state index is 11.8. The summed E-state index contributed by atoms with van der Waals surface area (Å²) in [6, 6.07) is 8.38. The summed E-state index contributed by atoms with van der Waals surface area (Å²) >= 11 is 1.57. The van der Waals surface area contributed by atoms with Crippen LogP contribution in [0.25, 0.3) is 0 Å². The Hall–Kier alpha value is -1.00. The second-order valence-corrected chi connectivity index (χ2v) is 8.38. The highest BCUT2D eigenvalue weighted by Crippen LogP contribution is 2.18. The highest BCUT2D eigenvalue weighted by Gasteiger charge is 2.13. The molecule has 0 aliphatic carbocycles. The van der Waals surface area contributed by atoms with Gasteiger partial charge in [0.05, 0.1) is 5.75 Å². The van der Waals surface area contributed by atoms with E-state index in [2.05, 4.69) is 55.7 Å². The first-order valence-corrected chi connectivity index (χ1v) is 8.31. The van der Waals surface area contributed by atoms with Gasteiger partial charge >= 0.3 is 0 Å². The molecule has 0 radical (unpaired) electrons. The molecule has 0 aliphatic heterocycles. The van der Waals surface area contributed by atoms with Crippen LogP contribution in [0.3, 0.4) is 0 Å². The molecule has 1 rings (SSSR count). The number of carbonyl (C=O) groups is 1. The van der Waals surface area contributed by atoms with Crippen LogP contribution in [0.4, 0.5) is 0 Å². The molecule has 0 unspecified atom stereocenters. The maximum Gasteiger partial charge on any atom is 0.230 e. The van der Waals surface area contributed by atoms with Gasteiger partial charge in [-0.3, -0.25) is 4.79 Å². The van der Waals surface area contributed by atoms with Crippen molar-refractivity contribution in [1.29, 1.82) is 0 Å². The first-order valence-electron chi connectivity index (χ1n) is 7.33. The molecule has 118 valence electrons. The van der Waals surface area contributed by atoms with Gasteiger partial charge in [0.15, 0.2) is 0 Å². The van der Waals surface area contributed by atoms with E-state index in [-0.39, 0.29) is 17.0 Å². The fourth-order valence-corrected chi connectivity index (χ4v) is 2.37. The van der Waals surface area contributed by atoms with Gasteiger partial charge in [0, 0.05) is 22.5 Å². The van der Waals surface area contributed by atoms with Gasteiger partial charge in [-0.25, -0.2) is 0 Å². The van der Waals surface area contributed by atoms with Crippen LogP contribution in [-0.2, 0) is 11.3 Å². The van der Waals surface area contributed by atoms with Crippen molar-refractivity contribution in [2.45, 2.75) is 64.1 Å². The van der Waals surface area contributed by atoms with Crippen LogP contribution in [0.1, 0.15) is 47.1 Å². The summed E-state index contributed by atoms with van der Waals surface area (Å²) in [7, 11) is 0. The predicted molar refractivity (Wildman–Crippen MR) is 91.7 cm³/mol. The minimum atomic E-state index is -0.167. The lowest BCUT2D eigenvalue weighted by atomic mass is 10.1. The Kier molecular flexibility index (Phi) is 6.29. The molecule has 4 heteroatoms. The molecule has 0 atom stereocenters. The smallest absolute Gasteiger partial charge is 0.230 e. The number of carbonyl (C=O) groups excluding carboxylic acids is 1.